The summed E-state index contributed by atoms with van der Waals surface area (Å²) in [5.41, 5.74) is 0.953. The second-order valence-corrected chi connectivity index (χ2v) is 6.03. The van der Waals surface area contributed by atoms with Crippen molar-refractivity contribution in [2.75, 3.05) is 24.5 Å². The highest BCUT2D eigenvalue weighted by Gasteiger charge is 2.26. The molecule has 0 radical (unpaired) electrons. The van der Waals surface area contributed by atoms with Crippen LogP contribution in [-0.4, -0.2) is 45.4 Å². The number of imidazole rings is 1. The normalized spacial score (nSPS) is 17.3. The summed E-state index contributed by atoms with van der Waals surface area (Å²) in [5.74, 6) is 0.596. The number of hydrogen-bond acceptors (Lipinski definition) is 6. The van der Waals surface area contributed by atoms with Crippen molar-refractivity contribution in [3.8, 4) is 0 Å². The molecule has 1 fully saturated rings. The number of nitro groups is 1. The number of nitrogens with one attached hydrogen (secondary N) is 2. The van der Waals surface area contributed by atoms with E-state index in [0.717, 1.165) is 25.1 Å². The van der Waals surface area contributed by atoms with Crippen LogP contribution in [0.5, 0.6) is 0 Å². The first-order chi connectivity index (χ1) is 12.1. The Labute approximate surface area is 144 Å². The van der Waals surface area contributed by atoms with Crippen molar-refractivity contribution < 1.29 is 9.72 Å². The number of aromatic amines is 1. The fourth-order valence-electron chi connectivity index (χ4n) is 2.96. The third-order valence-corrected chi connectivity index (χ3v) is 4.31. The van der Waals surface area contributed by atoms with Gasteiger partial charge in [-0.15, -0.1) is 0 Å². The molecule has 0 aliphatic carbocycles. The van der Waals surface area contributed by atoms with Crippen LogP contribution in [-0.2, 0) is 11.2 Å². The SMILES string of the molecule is O=C(NCCc1cnc[nH]1)[C@@H]1CCCN(c2ccc([N+](=O)[O-])cn2)C1. The van der Waals surface area contributed by atoms with Gasteiger partial charge in [0.25, 0.3) is 5.69 Å². The Kier molecular flexibility index (Phi) is 5.22. The predicted octanol–water partition coefficient (Wildman–Crippen LogP) is 1.29. The Balaban J connectivity index is 1.53. The fourth-order valence-corrected chi connectivity index (χ4v) is 2.96. The van der Waals surface area contributed by atoms with Crippen molar-refractivity contribution in [1.82, 2.24) is 20.3 Å². The first-order valence-corrected chi connectivity index (χ1v) is 8.24. The van der Waals surface area contributed by atoms with E-state index in [1.54, 1.807) is 18.6 Å². The third kappa shape index (κ3) is 4.31. The van der Waals surface area contributed by atoms with E-state index < -0.39 is 4.92 Å². The van der Waals surface area contributed by atoms with Gasteiger partial charge in [-0.05, 0) is 18.9 Å². The highest BCUT2D eigenvalue weighted by molar-refractivity contribution is 5.79. The maximum absolute atomic E-state index is 12.4. The van der Waals surface area contributed by atoms with Crippen LogP contribution in [0.1, 0.15) is 18.5 Å². The monoisotopic (exact) mass is 344 g/mol. The first kappa shape index (κ1) is 16.9. The molecule has 0 aromatic carbocycles. The number of H-pyrrole nitrogens is 1. The molecule has 9 nitrogen and oxygen atoms in total. The van der Waals surface area contributed by atoms with Gasteiger partial charge in [0.1, 0.15) is 12.0 Å². The average Bonchev–Trinajstić information content (AvgIpc) is 3.15. The number of anilines is 1. The van der Waals surface area contributed by atoms with Gasteiger partial charge < -0.3 is 15.2 Å². The van der Waals surface area contributed by atoms with E-state index in [9.17, 15) is 14.9 Å². The molecule has 9 heteroatoms. The van der Waals surface area contributed by atoms with E-state index in [0.29, 0.717) is 25.3 Å². The third-order valence-electron chi connectivity index (χ3n) is 4.31. The van der Waals surface area contributed by atoms with E-state index in [1.807, 2.05) is 4.90 Å². The molecule has 1 aliphatic heterocycles. The van der Waals surface area contributed by atoms with Crippen LogP contribution in [0.25, 0.3) is 0 Å². The van der Waals surface area contributed by atoms with Crippen LogP contribution in [0.15, 0.2) is 30.9 Å². The number of rotatable bonds is 6. The summed E-state index contributed by atoms with van der Waals surface area (Å²) in [7, 11) is 0. The number of nitrogens with zero attached hydrogens (tertiary/aromatic N) is 4. The molecular weight excluding hydrogens is 324 g/mol. The summed E-state index contributed by atoms with van der Waals surface area (Å²) >= 11 is 0. The van der Waals surface area contributed by atoms with Crippen LogP contribution < -0.4 is 10.2 Å². The number of hydrogen-bond donors (Lipinski definition) is 2. The largest absolute Gasteiger partial charge is 0.356 e. The van der Waals surface area contributed by atoms with Gasteiger partial charge in [-0.3, -0.25) is 14.9 Å². The van der Waals surface area contributed by atoms with E-state index in [1.165, 1.54) is 12.3 Å². The van der Waals surface area contributed by atoms with Gasteiger partial charge >= 0.3 is 0 Å². The summed E-state index contributed by atoms with van der Waals surface area (Å²) in [6, 6.07) is 3.08. The lowest BCUT2D eigenvalue weighted by molar-refractivity contribution is -0.385. The number of amides is 1. The molecule has 25 heavy (non-hydrogen) atoms. The van der Waals surface area contributed by atoms with Crippen molar-refractivity contribution in [3.63, 3.8) is 0 Å². The van der Waals surface area contributed by atoms with Crippen molar-refractivity contribution in [1.29, 1.82) is 0 Å². The van der Waals surface area contributed by atoms with Crippen molar-refractivity contribution in [2.24, 2.45) is 5.92 Å². The van der Waals surface area contributed by atoms with E-state index in [4.69, 9.17) is 0 Å². The molecule has 0 saturated carbocycles. The minimum Gasteiger partial charge on any atom is -0.356 e. The van der Waals surface area contributed by atoms with Gasteiger partial charge in [0.05, 0.1) is 17.2 Å². The second-order valence-electron chi connectivity index (χ2n) is 6.03. The van der Waals surface area contributed by atoms with Crippen LogP contribution in [0.2, 0.25) is 0 Å². The average molecular weight is 344 g/mol. The van der Waals surface area contributed by atoms with E-state index >= 15 is 0 Å². The zero-order valence-electron chi connectivity index (χ0n) is 13.7. The highest BCUT2D eigenvalue weighted by atomic mass is 16.6. The molecule has 1 aliphatic rings. The van der Waals surface area contributed by atoms with Crippen molar-refractivity contribution >= 4 is 17.4 Å². The molecule has 2 aromatic heterocycles. The Hall–Kier alpha value is -2.97. The smallest absolute Gasteiger partial charge is 0.287 e. The maximum atomic E-state index is 12.4. The fraction of sp³-hybridized carbons (Fsp3) is 0.438. The zero-order valence-corrected chi connectivity index (χ0v) is 13.7. The molecule has 3 rings (SSSR count). The molecule has 0 unspecified atom stereocenters. The van der Waals surface area contributed by atoms with Gasteiger partial charge in [-0.2, -0.15) is 0 Å². The Morgan fingerprint density at radius 1 is 1.44 bits per heavy atom. The molecular formula is C16H20N6O3. The minimum atomic E-state index is -0.469. The molecule has 1 saturated heterocycles. The first-order valence-electron chi connectivity index (χ1n) is 8.24. The predicted molar refractivity (Wildman–Crippen MR) is 91.1 cm³/mol. The van der Waals surface area contributed by atoms with Gasteiger partial charge in [0, 0.05) is 44.0 Å². The molecule has 0 spiro atoms. The molecule has 1 atom stereocenters. The molecule has 2 N–H and O–H groups in total. The lowest BCUT2D eigenvalue weighted by atomic mass is 9.97. The topological polar surface area (TPSA) is 117 Å². The molecule has 2 aromatic rings. The minimum absolute atomic E-state index is 0.0335. The van der Waals surface area contributed by atoms with Crippen molar-refractivity contribution in [2.45, 2.75) is 19.3 Å². The highest BCUT2D eigenvalue weighted by Crippen LogP contribution is 2.23. The van der Waals surface area contributed by atoms with E-state index in [2.05, 4.69) is 20.3 Å². The van der Waals surface area contributed by atoms with Gasteiger partial charge in [-0.1, -0.05) is 0 Å². The lowest BCUT2D eigenvalue weighted by Gasteiger charge is -2.32. The van der Waals surface area contributed by atoms with Crippen LogP contribution in [0.4, 0.5) is 11.5 Å². The van der Waals surface area contributed by atoms with E-state index in [-0.39, 0.29) is 17.5 Å². The Bertz CT molecular complexity index is 716. The maximum Gasteiger partial charge on any atom is 0.287 e. The standard InChI is InChI=1S/C16H20N6O3/c23-16(18-6-5-13-8-17-11-20-13)12-2-1-7-21(10-12)15-4-3-14(9-19-15)22(24)25/h3-4,8-9,11-12H,1-2,5-7,10H2,(H,17,20)(H,18,23)/t12-/m1/s1. The van der Waals surface area contributed by atoms with Crippen molar-refractivity contribution in [3.05, 3.63) is 46.7 Å². The van der Waals surface area contributed by atoms with Gasteiger partial charge in [0.2, 0.25) is 5.91 Å². The molecule has 0 bridgehead atoms. The summed E-state index contributed by atoms with van der Waals surface area (Å²) < 4.78 is 0. The van der Waals surface area contributed by atoms with Crippen LogP contribution in [0.3, 0.4) is 0 Å². The van der Waals surface area contributed by atoms with Crippen LogP contribution >= 0.6 is 0 Å². The summed E-state index contributed by atoms with van der Waals surface area (Å²) in [6.07, 6.45) is 7.05. The molecule has 132 valence electrons. The summed E-state index contributed by atoms with van der Waals surface area (Å²) in [5, 5.41) is 13.7. The lowest BCUT2D eigenvalue weighted by Crippen LogP contribution is -2.43. The molecule has 3 heterocycles. The van der Waals surface area contributed by atoms with Crippen LogP contribution in [0, 0.1) is 16.0 Å². The quantitative estimate of drug-likeness (QED) is 0.602. The number of carbonyl (C=O) groups excluding carboxylic acids is 1. The number of carbonyl (C=O) groups is 1. The molecule has 1 amide bonds. The van der Waals surface area contributed by atoms with Gasteiger partial charge in [0.15, 0.2) is 0 Å². The zero-order chi connectivity index (χ0) is 17.6. The number of aromatic nitrogens is 3. The number of piperidine rings is 1. The Morgan fingerprint density at radius 2 is 2.32 bits per heavy atom. The number of pyridine rings is 1. The Morgan fingerprint density at radius 3 is 3.00 bits per heavy atom. The second kappa shape index (κ2) is 7.73. The summed E-state index contributed by atoms with van der Waals surface area (Å²) in [6.45, 7) is 1.93. The van der Waals surface area contributed by atoms with Gasteiger partial charge in [-0.25, -0.2) is 9.97 Å². The summed E-state index contributed by atoms with van der Waals surface area (Å²) in [4.78, 5) is 35.7.